The monoisotopic (exact) mass is 416 g/mol. The van der Waals surface area contributed by atoms with Gasteiger partial charge in [0, 0.05) is 18.7 Å². The van der Waals surface area contributed by atoms with E-state index in [4.69, 9.17) is 0 Å². The zero-order chi connectivity index (χ0) is 21.8. The molecule has 4 rings (SSSR count). The molecule has 1 aliphatic rings. The molecule has 1 fully saturated rings. The number of amides is 3. The second kappa shape index (κ2) is 8.87. The maximum Gasteiger partial charge on any atom is 0.329 e. The standard InChI is InChI=1S/C24H24N4O3/c1-2-3-14-27-23(30)21(25-24(27)31)16-19-20(15-17-10-6-4-7-11-17)26-28(22(19)29)18-12-8-5-9-13-18/h4-13,16,26H,2-3,14-15H2,1H3,(H,25,31)/b21-16-. The maximum absolute atomic E-state index is 13.3. The molecule has 1 aromatic heterocycles. The number of para-hydroxylation sites is 1. The van der Waals surface area contributed by atoms with E-state index in [1.165, 1.54) is 15.7 Å². The van der Waals surface area contributed by atoms with Gasteiger partial charge in [-0.3, -0.25) is 19.6 Å². The van der Waals surface area contributed by atoms with Crippen molar-refractivity contribution in [1.82, 2.24) is 20.0 Å². The third-order valence-electron chi connectivity index (χ3n) is 5.23. The fraction of sp³-hybridized carbons (Fsp3) is 0.208. The van der Waals surface area contributed by atoms with Crippen molar-refractivity contribution in [3.05, 3.63) is 93.5 Å². The second-order valence-corrected chi connectivity index (χ2v) is 7.44. The molecule has 1 saturated heterocycles. The van der Waals surface area contributed by atoms with Gasteiger partial charge >= 0.3 is 6.03 Å². The molecule has 2 N–H and O–H groups in total. The van der Waals surface area contributed by atoms with E-state index in [1.54, 1.807) is 0 Å². The number of unbranched alkanes of at least 4 members (excludes halogenated alkanes) is 1. The zero-order valence-corrected chi connectivity index (χ0v) is 17.3. The van der Waals surface area contributed by atoms with Crippen LogP contribution in [0.25, 0.3) is 11.8 Å². The molecule has 0 atom stereocenters. The Balaban J connectivity index is 1.76. The lowest BCUT2D eigenvalue weighted by Gasteiger charge is -2.09. The average molecular weight is 416 g/mol. The number of imide groups is 1. The molecule has 0 bridgehead atoms. The van der Waals surface area contributed by atoms with Crippen LogP contribution in [0.15, 0.2) is 71.2 Å². The lowest BCUT2D eigenvalue weighted by molar-refractivity contribution is -0.122. The molecule has 0 spiro atoms. The first-order valence-electron chi connectivity index (χ1n) is 10.4. The van der Waals surface area contributed by atoms with Crippen molar-refractivity contribution in [2.24, 2.45) is 0 Å². The number of rotatable bonds is 7. The van der Waals surface area contributed by atoms with Gasteiger partial charge in [-0.1, -0.05) is 61.9 Å². The lowest BCUT2D eigenvalue weighted by Crippen LogP contribution is -2.31. The van der Waals surface area contributed by atoms with Crippen LogP contribution in [-0.2, 0) is 11.2 Å². The van der Waals surface area contributed by atoms with Gasteiger partial charge < -0.3 is 5.32 Å². The summed E-state index contributed by atoms with van der Waals surface area (Å²) in [7, 11) is 0. The molecule has 3 amide bonds. The van der Waals surface area contributed by atoms with Crippen LogP contribution >= 0.6 is 0 Å². The number of H-pyrrole nitrogens is 1. The van der Waals surface area contributed by atoms with Crippen LogP contribution < -0.4 is 10.9 Å². The molecule has 2 heterocycles. The Kier molecular flexibility index (Phi) is 5.84. The Morgan fingerprint density at radius 1 is 0.935 bits per heavy atom. The van der Waals surface area contributed by atoms with Crippen LogP contribution in [0, 0.1) is 0 Å². The molecule has 3 aromatic rings. The van der Waals surface area contributed by atoms with Crippen molar-refractivity contribution in [2.45, 2.75) is 26.2 Å². The number of hydrogen-bond acceptors (Lipinski definition) is 3. The highest BCUT2D eigenvalue weighted by Crippen LogP contribution is 2.18. The molecule has 0 radical (unpaired) electrons. The summed E-state index contributed by atoms with van der Waals surface area (Å²) in [6.07, 6.45) is 3.58. The van der Waals surface area contributed by atoms with E-state index >= 15 is 0 Å². The summed E-state index contributed by atoms with van der Waals surface area (Å²) in [5, 5.41) is 5.80. The first kappa shape index (κ1) is 20.4. The number of benzene rings is 2. The molecule has 31 heavy (non-hydrogen) atoms. The molecule has 7 nitrogen and oxygen atoms in total. The Bertz CT molecular complexity index is 1180. The molecule has 0 saturated carbocycles. The first-order chi connectivity index (χ1) is 15.1. The molecule has 158 valence electrons. The largest absolute Gasteiger partial charge is 0.329 e. The predicted molar refractivity (Wildman–Crippen MR) is 119 cm³/mol. The summed E-state index contributed by atoms with van der Waals surface area (Å²) in [6, 6.07) is 18.5. The highest BCUT2D eigenvalue weighted by molar-refractivity contribution is 6.14. The summed E-state index contributed by atoms with van der Waals surface area (Å²) in [5.41, 5.74) is 2.58. The van der Waals surface area contributed by atoms with E-state index in [9.17, 15) is 14.4 Å². The van der Waals surface area contributed by atoms with E-state index in [2.05, 4.69) is 10.4 Å². The molecule has 0 aliphatic carbocycles. The number of carbonyl (C=O) groups excluding carboxylic acids is 2. The lowest BCUT2D eigenvalue weighted by atomic mass is 10.1. The van der Waals surface area contributed by atoms with Gasteiger partial charge in [0.25, 0.3) is 11.5 Å². The van der Waals surface area contributed by atoms with E-state index in [-0.39, 0.29) is 11.3 Å². The van der Waals surface area contributed by atoms with Crippen molar-refractivity contribution >= 4 is 18.0 Å². The molecular weight excluding hydrogens is 392 g/mol. The molecule has 2 aromatic carbocycles. The summed E-state index contributed by atoms with van der Waals surface area (Å²) in [5.74, 6) is -0.407. The molecule has 0 unspecified atom stereocenters. The van der Waals surface area contributed by atoms with Gasteiger partial charge in [0.15, 0.2) is 0 Å². The smallest absolute Gasteiger partial charge is 0.303 e. The van der Waals surface area contributed by atoms with E-state index < -0.39 is 11.9 Å². The number of aromatic nitrogens is 2. The fourth-order valence-corrected chi connectivity index (χ4v) is 3.57. The van der Waals surface area contributed by atoms with Crippen molar-refractivity contribution in [3.8, 4) is 5.69 Å². The van der Waals surface area contributed by atoms with Crippen LogP contribution in [0.3, 0.4) is 0 Å². The first-order valence-corrected chi connectivity index (χ1v) is 10.4. The number of hydrogen-bond donors (Lipinski definition) is 2. The quantitative estimate of drug-likeness (QED) is 0.457. The van der Waals surface area contributed by atoms with Gasteiger partial charge in [0.2, 0.25) is 0 Å². The zero-order valence-electron chi connectivity index (χ0n) is 17.3. The van der Waals surface area contributed by atoms with Crippen LogP contribution in [-0.4, -0.2) is 33.2 Å². The van der Waals surface area contributed by atoms with Crippen molar-refractivity contribution in [3.63, 3.8) is 0 Å². The third kappa shape index (κ3) is 4.21. The van der Waals surface area contributed by atoms with E-state index in [0.717, 1.165) is 18.4 Å². The van der Waals surface area contributed by atoms with Crippen molar-refractivity contribution in [1.29, 1.82) is 0 Å². The Morgan fingerprint density at radius 3 is 2.29 bits per heavy atom. The summed E-state index contributed by atoms with van der Waals surface area (Å²) < 4.78 is 1.46. The minimum atomic E-state index is -0.451. The fourth-order valence-electron chi connectivity index (χ4n) is 3.57. The second-order valence-electron chi connectivity index (χ2n) is 7.44. The summed E-state index contributed by atoms with van der Waals surface area (Å²) in [4.78, 5) is 39.4. The van der Waals surface area contributed by atoms with Gasteiger partial charge in [0.1, 0.15) is 5.70 Å². The average Bonchev–Trinajstić information content (AvgIpc) is 3.24. The van der Waals surface area contributed by atoms with Gasteiger partial charge in [-0.15, -0.1) is 0 Å². The Labute approximate surface area is 180 Å². The van der Waals surface area contributed by atoms with Crippen molar-refractivity contribution in [2.75, 3.05) is 6.54 Å². The van der Waals surface area contributed by atoms with Crippen LogP contribution in [0.2, 0.25) is 0 Å². The van der Waals surface area contributed by atoms with E-state index in [0.29, 0.717) is 29.9 Å². The van der Waals surface area contributed by atoms with Crippen LogP contribution in [0.4, 0.5) is 4.79 Å². The van der Waals surface area contributed by atoms with Gasteiger partial charge in [-0.05, 0) is 30.2 Å². The summed E-state index contributed by atoms with van der Waals surface area (Å²) in [6.45, 7) is 2.35. The highest BCUT2D eigenvalue weighted by Gasteiger charge is 2.33. The number of carbonyl (C=O) groups is 2. The Morgan fingerprint density at radius 2 is 1.61 bits per heavy atom. The van der Waals surface area contributed by atoms with Gasteiger partial charge in [0.05, 0.1) is 11.3 Å². The normalized spacial score (nSPS) is 15.0. The third-order valence-corrected chi connectivity index (χ3v) is 5.23. The van der Waals surface area contributed by atoms with Gasteiger partial charge in [-0.25, -0.2) is 9.48 Å². The van der Waals surface area contributed by atoms with Crippen LogP contribution in [0.5, 0.6) is 0 Å². The number of urea groups is 1. The van der Waals surface area contributed by atoms with Crippen molar-refractivity contribution < 1.29 is 9.59 Å². The molecular formula is C24H24N4O3. The minimum Gasteiger partial charge on any atom is -0.303 e. The topological polar surface area (TPSA) is 87.2 Å². The molecule has 7 heteroatoms. The predicted octanol–water partition coefficient (Wildman–Crippen LogP) is 3.45. The number of nitrogens with zero attached hydrogens (tertiary/aromatic N) is 2. The highest BCUT2D eigenvalue weighted by atomic mass is 16.2. The minimum absolute atomic E-state index is 0.117. The van der Waals surface area contributed by atoms with Gasteiger partial charge in [-0.2, -0.15) is 0 Å². The Hall–Kier alpha value is -3.87. The number of nitrogens with one attached hydrogen (secondary N) is 2. The maximum atomic E-state index is 13.3. The molecule has 1 aliphatic heterocycles. The van der Waals surface area contributed by atoms with E-state index in [1.807, 2.05) is 67.6 Å². The number of aromatic amines is 1. The van der Waals surface area contributed by atoms with Crippen LogP contribution in [0.1, 0.15) is 36.6 Å². The SMILES string of the molecule is CCCCN1C(=O)N/C(=C\c2c(Cc3ccccc3)[nH]n(-c3ccccc3)c2=O)C1=O. The summed E-state index contributed by atoms with van der Waals surface area (Å²) >= 11 is 0.